The Balaban J connectivity index is 2.06. The van der Waals surface area contributed by atoms with Crippen LogP contribution in [0.5, 0.6) is 0 Å². The van der Waals surface area contributed by atoms with Gasteiger partial charge in [0.2, 0.25) is 0 Å². The van der Waals surface area contributed by atoms with Gasteiger partial charge in [0, 0.05) is 30.0 Å². The molecule has 0 atom stereocenters. The highest BCUT2D eigenvalue weighted by molar-refractivity contribution is 5.95. The summed E-state index contributed by atoms with van der Waals surface area (Å²) in [7, 11) is 0. The average Bonchev–Trinajstić information content (AvgIpc) is 2.29. The summed E-state index contributed by atoms with van der Waals surface area (Å²) in [6.45, 7) is 3.46. The Kier molecular flexibility index (Phi) is 3.33. The lowest BCUT2D eigenvalue weighted by Gasteiger charge is -2.34. The average molecular weight is 234 g/mol. The van der Waals surface area contributed by atoms with E-state index < -0.39 is 0 Å². The molecule has 0 radical (unpaired) electrons. The fourth-order valence-electron chi connectivity index (χ4n) is 1.97. The van der Waals surface area contributed by atoms with Crippen LogP contribution in [0, 0.1) is 0 Å². The maximum atomic E-state index is 12.1. The minimum Gasteiger partial charge on any atom is -0.399 e. The third kappa shape index (κ3) is 2.97. The van der Waals surface area contributed by atoms with Gasteiger partial charge in [-0.3, -0.25) is 4.79 Å². The summed E-state index contributed by atoms with van der Waals surface area (Å²) in [5.41, 5.74) is 6.71. The van der Waals surface area contributed by atoms with E-state index in [9.17, 15) is 4.79 Å². The van der Waals surface area contributed by atoms with Crippen LogP contribution < -0.4 is 11.1 Å². The van der Waals surface area contributed by atoms with E-state index >= 15 is 0 Å². The standard InChI is InChI=1S/C13H18N2O2/c1-13(5-7-17-8-6-13)15-12(16)10-3-2-4-11(14)9-10/h2-4,9H,5-8,14H2,1H3,(H,15,16). The molecular formula is C13H18N2O2. The molecule has 1 aliphatic heterocycles. The van der Waals surface area contributed by atoms with Crippen LogP contribution >= 0.6 is 0 Å². The number of nitrogens with two attached hydrogens (primary N) is 1. The molecule has 0 aromatic heterocycles. The van der Waals surface area contributed by atoms with E-state index in [1.807, 2.05) is 0 Å². The number of amides is 1. The van der Waals surface area contributed by atoms with Crippen LogP contribution in [0.3, 0.4) is 0 Å². The molecule has 2 rings (SSSR count). The van der Waals surface area contributed by atoms with Crippen molar-refractivity contribution in [2.45, 2.75) is 25.3 Å². The lowest BCUT2D eigenvalue weighted by Crippen LogP contribution is -2.49. The molecule has 0 unspecified atom stereocenters. The van der Waals surface area contributed by atoms with E-state index in [-0.39, 0.29) is 11.4 Å². The van der Waals surface area contributed by atoms with E-state index in [0.717, 1.165) is 12.8 Å². The van der Waals surface area contributed by atoms with E-state index in [2.05, 4.69) is 12.2 Å². The molecule has 0 spiro atoms. The monoisotopic (exact) mass is 234 g/mol. The van der Waals surface area contributed by atoms with Gasteiger partial charge in [-0.2, -0.15) is 0 Å². The van der Waals surface area contributed by atoms with Gasteiger partial charge < -0.3 is 15.8 Å². The van der Waals surface area contributed by atoms with Gasteiger partial charge in [-0.05, 0) is 38.0 Å². The molecule has 4 heteroatoms. The van der Waals surface area contributed by atoms with Gasteiger partial charge in [0.1, 0.15) is 0 Å². The molecular weight excluding hydrogens is 216 g/mol. The Labute approximate surface area is 101 Å². The van der Waals surface area contributed by atoms with Gasteiger partial charge in [0.05, 0.1) is 0 Å². The summed E-state index contributed by atoms with van der Waals surface area (Å²) < 4.78 is 5.30. The summed E-state index contributed by atoms with van der Waals surface area (Å²) in [4.78, 5) is 12.1. The highest BCUT2D eigenvalue weighted by Gasteiger charge is 2.29. The molecule has 1 saturated heterocycles. The Hall–Kier alpha value is -1.55. The number of ether oxygens (including phenoxy) is 1. The van der Waals surface area contributed by atoms with Crippen LogP contribution in [0.1, 0.15) is 30.1 Å². The predicted molar refractivity (Wildman–Crippen MR) is 66.8 cm³/mol. The zero-order valence-electron chi connectivity index (χ0n) is 10.0. The molecule has 0 aliphatic carbocycles. The largest absolute Gasteiger partial charge is 0.399 e. The fraction of sp³-hybridized carbons (Fsp3) is 0.462. The fourth-order valence-corrected chi connectivity index (χ4v) is 1.97. The van der Waals surface area contributed by atoms with Crippen molar-refractivity contribution in [3.63, 3.8) is 0 Å². The van der Waals surface area contributed by atoms with Crippen molar-refractivity contribution in [2.75, 3.05) is 18.9 Å². The van der Waals surface area contributed by atoms with Gasteiger partial charge >= 0.3 is 0 Å². The number of nitrogen functional groups attached to an aromatic ring is 1. The maximum absolute atomic E-state index is 12.1. The number of carbonyl (C=O) groups is 1. The first-order valence-electron chi connectivity index (χ1n) is 5.85. The van der Waals surface area contributed by atoms with Crippen molar-refractivity contribution in [1.29, 1.82) is 0 Å². The van der Waals surface area contributed by atoms with E-state index in [0.29, 0.717) is 24.5 Å². The van der Waals surface area contributed by atoms with E-state index in [4.69, 9.17) is 10.5 Å². The molecule has 1 aromatic rings. The molecule has 1 amide bonds. The van der Waals surface area contributed by atoms with Crippen molar-refractivity contribution in [1.82, 2.24) is 5.32 Å². The Morgan fingerprint density at radius 3 is 2.76 bits per heavy atom. The third-order valence-corrected chi connectivity index (χ3v) is 3.16. The van der Waals surface area contributed by atoms with Crippen molar-refractivity contribution in [2.24, 2.45) is 0 Å². The maximum Gasteiger partial charge on any atom is 0.251 e. The molecule has 92 valence electrons. The molecule has 0 saturated carbocycles. The molecule has 3 N–H and O–H groups in total. The van der Waals surface area contributed by atoms with Crippen molar-refractivity contribution in [3.8, 4) is 0 Å². The number of rotatable bonds is 2. The van der Waals surface area contributed by atoms with E-state index in [1.54, 1.807) is 24.3 Å². The van der Waals surface area contributed by atoms with Gasteiger partial charge in [-0.15, -0.1) is 0 Å². The van der Waals surface area contributed by atoms with Crippen LogP contribution in [0.25, 0.3) is 0 Å². The molecule has 1 heterocycles. The number of anilines is 1. The quantitative estimate of drug-likeness (QED) is 0.763. The SMILES string of the molecule is CC1(NC(=O)c2cccc(N)c2)CCOCC1. The van der Waals surface area contributed by atoms with Crippen LogP contribution in [0.15, 0.2) is 24.3 Å². The molecule has 0 bridgehead atoms. The predicted octanol–water partition coefficient (Wildman–Crippen LogP) is 1.57. The summed E-state index contributed by atoms with van der Waals surface area (Å²) in [6.07, 6.45) is 1.70. The molecule has 1 aromatic carbocycles. The van der Waals surface area contributed by atoms with Gasteiger partial charge in [-0.25, -0.2) is 0 Å². The van der Waals surface area contributed by atoms with Gasteiger partial charge in [-0.1, -0.05) is 6.07 Å². The number of benzene rings is 1. The highest BCUT2D eigenvalue weighted by atomic mass is 16.5. The number of hydrogen-bond acceptors (Lipinski definition) is 3. The Bertz CT molecular complexity index is 412. The van der Waals surface area contributed by atoms with Gasteiger partial charge in [0.15, 0.2) is 0 Å². The normalized spacial score (nSPS) is 18.6. The zero-order valence-corrected chi connectivity index (χ0v) is 10.0. The first kappa shape index (κ1) is 11.9. The van der Waals surface area contributed by atoms with Crippen LogP contribution in [0.2, 0.25) is 0 Å². The second-order valence-corrected chi connectivity index (χ2v) is 4.75. The minimum absolute atomic E-state index is 0.0679. The molecule has 1 fully saturated rings. The van der Waals surface area contributed by atoms with Crippen LogP contribution in [-0.2, 0) is 4.74 Å². The van der Waals surface area contributed by atoms with Crippen molar-refractivity contribution >= 4 is 11.6 Å². The van der Waals surface area contributed by atoms with Gasteiger partial charge in [0.25, 0.3) is 5.91 Å². The molecule has 1 aliphatic rings. The Morgan fingerprint density at radius 2 is 2.12 bits per heavy atom. The second-order valence-electron chi connectivity index (χ2n) is 4.75. The first-order valence-corrected chi connectivity index (χ1v) is 5.85. The number of nitrogens with one attached hydrogen (secondary N) is 1. The number of hydrogen-bond donors (Lipinski definition) is 2. The highest BCUT2D eigenvalue weighted by Crippen LogP contribution is 2.20. The topological polar surface area (TPSA) is 64.4 Å². The summed E-state index contributed by atoms with van der Waals surface area (Å²) >= 11 is 0. The first-order chi connectivity index (χ1) is 8.09. The van der Waals surface area contributed by atoms with Crippen molar-refractivity contribution in [3.05, 3.63) is 29.8 Å². The third-order valence-electron chi connectivity index (χ3n) is 3.16. The lowest BCUT2D eigenvalue weighted by atomic mass is 9.92. The molecule has 4 nitrogen and oxygen atoms in total. The Morgan fingerprint density at radius 1 is 1.41 bits per heavy atom. The lowest BCUT2D eigenvalue weighted by molar-refractivity contribution is 0.0423. The minimum atomic E-state index is -0.167. The number of carbonyl (C=O) groups excluding carboxylic acids is 1. The van der Waals surface area contributed by atoms with Crippen molar-refractivity contribution < 1.29 is 9.53 Å². The zero-order chi connectivity index (χ0) is 12.3. The smallest absolute Gasteiger partial charge is 0.251 e. The van der Waals surface area contributed by atoms with Crippen LogP contribution in [-0.4, -0.2) is 24.7 Å². The summed E-state index contributed by atoms with van der Waals surface area (Å²) in [5, 5.41) is 3.06. The van der Waals surface area contributed by atoms with Crippen LogP contribution in [0.4, 0.5) is 5.69 Å². The van der Waals surface area contributed by atoms with E-state index in [1.165, 1.54) is 0 Å². The molecule has 17 heavy (non-hydrogen) atoms. The summed E-state index contributed by atoms with van der Waals surface area (Å²) in [5.74, 6) is -0.0679. The summed E-state index contributed by atoms with van der Waals surface area (Å²) in [6, 6.07) is 7.02. The second kappa shape index (κ2) is 4.75.